The summed E-state index contributed by atoms with van der Waals surface area (Å²) in [6.45, 7) is 14.4. The van der Waals surface area contributed by atoms with E-state index in [0.29, 0.717) is 52.1 Å². The van der Waals surface area contributed by atoms with Gasteiger partial charge in [-0.25, -0.2) is 4.79 Å². The molecule has 6 amide bonds. The Kier molecular flexibility index (Phi) is 11.5. The van der Waals surface area contributed by atoms with Gasteiger partial charge in [0.15, 0.2) is 6.10 Å². The van der Waals surface area contributed by atoms with Crippen molar-refractivity contribution in [1.29, 1.82) is 0 Å². The van der Waals surface area contributed by atoms with Gasteiger partial charge in [-0.1, -0.05) is 73.6 Å². The summed E-state index contributed by atoms with van der Waals surface area (Å²) >= 11 is 0. The first-order chi connectivity index (χ1) is 25.1. The molecule has 53 heavy (non-hydrogen) atoms. The lowest BCUT2D eigenvalue weighted by molar-refractivity contribution is -0.143. The van der Waals surface area contributed by atoms with Crippen molar-refractivity contribution >= 4 is 29.7 Å². The number of ether oxygens (including phenoxy) is 1. The fourth-order valence-corrected chi connectivity index (χ4v) is 10.6. The van der Waals surface area contributed by atoms with Crippen molar-refractivity contribution < 1.29 is 33.8 Å². The van der Waals surface area contributed by atoms with Crippen LogP contribution in [0.25, 0.3) is 0 Å². The highest BCUT2D eigenvalue weighted by molar-refractivity contribution is 5.95. The number of urea groups is 1. The molecule has 298 valence electrons. The number of carbonyl (C=O) groups is 5. The Morgan fingerprint density at radius 1 is 0.868 bits per heavy atom. The molecule has 13 heteroatoms. The third-order valence-electron chi connectivity index (χ3n) is 14.3. The van der Waals surface area contributed by atoms with Gasteiger partial charge in [0.05, 0.1) is 19.3 Å². The molecule has 2 unspecified atom stereocenters. The van der Waals surface area contributed by atoms with Crippen LogP contribution in [0.4, 0.5) is 4.79 Å². The molecule has 0 aromatic rings. The molecular weight excluding hydrogens is 676 g/mol. The van der Waals surface area contributed by atoms with Crippen LogP contribution < -0.4 is 21.3 Å². The van der Waals surface area contributed by atoms with Crippen LogP contribution in [0, 0.1) is 27.6 Å². The van der Waals surface area contributed by atoms with Gasteiger partial charge in [-0.3, -0.25) is 19.2 Å². The van der Waals surface area contributed by atoms with Crippen molar-refractivity contribution in [2.45, 2.75) is 161 Å². The third-order valence-corrected chi connectivity index (χ3v) is 14.3. The number of rotatable bonds is 12. The molecule has 0 aromatic carbocycles. The van der Waals surface area contributed by atoms with Crippen LogP contribution in [0.3, 0.4) is 0 Å². The smallest absolute Gasteiger partial charge is 0.316 e. The summed E-state index contributed by atoms with van der Waals surface area (Å²) in [5, 5.41) is 22.9. The Morgan fingerprint density at radius 2 is 1.53 bits per heavy atom. The van der Waals surface area contributed by atoms with Crippen LogP contribution in [0.5, 0.6) is 0 Å². The topological polar surface area (TPSA) is 169 Å². The van der Waals surface area contributed by atoms with E-state index in [2.05, 4.69) is 35.1 Å². The van der Waals surface area contributed by atoms with Crippen molar-refractivity contribution in [3.8, 4) is 0 Å². The standard InChI is InChI=1S/C40H66N6O7/c1-7-12-27(30(47)33(49)41-26-15-16-26)42-32(48)28-23-40(38(5,6)39(40)17-11-18-39)24-46(28)35(51)31(37(2,3)4)44-36(52)43-29(25-13-9-8-10-14-25)34(50)45-19-21-53-22-20-45/h25-31,47H,7-24H2,1-6H3,(H,41,49)(H,42,48)(H2,43,44,52)/t27?,28-,29-,30?,31+,40+/m0/s1. The molecule has 13 nitrogen and oxygen atoms in total. The lowest BCUT2D eigenvalue weighted by Crippen LogP contribution is -2.62. The van der Waals surface area contributed by atoms with Crippen molar-refractivity contribution in [2.75, 3.05) is 32.8 Å². The lowest BCUT2D eigenvalue weighted by Gasteiger charge is -2.38. The number of aliphatic hydroxyl groups excluding tert-OH is 1. The summed E-state index contributed by atoms with van der Waals surface area (Å²) in [5.41, 5.74) is -1.00. The van der Waals surface area contributed by atoms with Crippen LogP contribution in [-0.2, 0) is 23.9 Å². The molecule has 4 aliphatic carbocycles. The van der Waals surface area contributed by atoms with Crippen LogP contribution in [0.15, 0.2) is 0 Å². The summed E-state index contributed by atoms with van der Waals surface area (Å²) in [6, 6.07) is -3.81. The predicted molar refractivity (Wildman–Crippen MR) is 199 cm³/mol. The molecule has 6 atom stereocenters. The Bertz CT molecular complexity index is 1390. The minimum Gasteiger partial charge on any atom is -0.381 e. The van der Waals surface area contributed by atoms with Gasteiger partial charge in [0.25, 0.3) is 5.91 Å². The van der Waals surface area contributed by atoms with Crippen LogP contribution >= 0.6 is 0 Å². The Hall–Kier alpha value is -2.93. The minimum absolute atomic E-state index is 0.00804. The van der Waals surface area contributed by atoms with Gasteiger partial charge in [0, 0.05) is 31.1 Å². The number of nitrogens with zero attached hydrogens (tertiary/aromatic N) is 2. The number of fused-ring (bicyclic) bond motifs is 1. The second-order valence-corrected chi connectivity index (χ2v) is 18.7. The van der Waals surface area contributed by atoms with E-state index in [-0.39, 0.29) is 45.9 Å². The van der Waals surface area contributed by atoms with E-state index in [0.717, 1.165) is 64.2 Å². The molecular formula is C40H66N6O7. The first-order valence-corrected chi connectivity index (χ1v) is 20.6. The van der Waals surface area contributed by atoms with E-state index in [1.165, 1.54) is 0 Å². The van der Waals surface area contributed by atoms with Gasteiger partial charge in [0.2, 0.25) is 17.7 Å². The molecule has 2 spiro atoms. The van der Waals surface area contributed by atoms with Crippen LogP contribution in [0.2, 0.25) is 0 Å². The zero-order valence-corrected chi connectivity index (χ0v) is 33.1. The average Bonchev–Trinajstić information content (AvgIpc) is 3.94. The number of nitrogens with one attached hydrogen (secondary N) is 4. The normalized spacial score (nSPS) is 28.7. The number of hydrogen-bond acceptors (Lipinski definition) is 7. The molecule has 0 aromatic heterocycles. The Balaban J connectivity index is 1.23. The molecule has 2 aliphatic heterocycles. The second kappa shape index (κ2) is 15.3. The molecule has 6 fully saturated rings. The van der Waals surface area contributed by atoms with E-state index in [1.807, 2.05) is 27.7 Å². The van der Waals surface area contributed by atoms with Gasteiger partial charge >= 0.3 is 6.03 Å². The molecule has 6 rings (SSSR count). The monoisotopic (exact) mass is 742 g/mol. The third kappa shape index (κ3) is 7.54. The number of aliphatic hydroxyl groups is 1. The van der Waals surface area contributed by atoms with Crippen LogP contribution in [0.1, 0.15) is 125 Å². The molecule has 5 N–H and O–H groups in total. The number of amides is 6. The first kappa shape index (κ1) is 39.8. The van der Waals surface area contributed by atoms with Gasteiger partial charge in [0.1, 0.15) is 18.1 Å². The summed E-state index contributed by atoms with van der Waals surface area (Å²) in [4.78, 5) is 73.5. The van der Waals surface area contributed by atoms with Gasteiger partial charge < -0.3 is 40.9 Å². The first-order valence-electron chi connectivity index (χ1n) is 20.6. The Labute approximate surface area is 315 Å². The quantitative estimate of drug-likeness (QED) is 0.205. The molecule has 0 bridgehead atoms. The zero-order chi connectivity index (χ0) is 38.3. The fourth-order valence-electron chi connectivity index (χ4n) is 10.6. The van der Waals surface area contributed by atoms with E-state index < -0.39 is 47.6 Å². The predicted octanol–water partition coefficient (Wildman–Crippen LogP) is 3.23. The minimum atomic E-state index is -1.40. The van der Waals surface area contributed by atoms with Gasteiger partial charge in [-0.05, 0) is 73.5 Å². The van der Waals surface area contributed by atoms with Crippen LogP contribution in [-0.4, -0.2) is 114 Å². The van der Waals surface area contributed by atoms with Crippen molar-refractivity contribution in [3.63, 3.8) is 0 Å². The lowest BCUT2D eigenvalue weighted by atomic mass is 9.73. The molecule has 2 heterocycles. The van der Waals surface area contributed by atoms with E-state index in [4.69, 9.17) is 4.74 Å². The number of carbonyl (C=O) groups excluding carboxylic acids is 5. The van der Waals surface area contributed by atoms with E-state index >= 15 is 0 Å². The maximum Gasteiger partial charge on any atom is 0.316 e. The summed E-state index contributed by atoms with van der Waals surface area (Å²) in [6.07, 6.45) is 9.95. The van der Waals surface area contributed by atoms with Crippen molar-refractivity contribution in [1.82, 2.24) is 31.1 Å². The number of hydrogen-bond donors (Lipinski definition) is 5. The van der Waals surface area contributed by atoms with Gasteiger partial charge in [-0.15, -0.1) is 0 Å². The maximum atomic E-state index is 14.9. The largest absolute Gasteiger partial charge is 0.381 e. The summed E-state index contributed by atoms with van der Waals surface area (Å²) < 4.78 is 5.48. The highest BCUT2D eigenvalue weighted by Crippen LogP contribution is 2.88. The molecule has 0 radical (unpaired) electrons. The highest BCUT2D eigenvalue weighted by atomic mass is 16.5. The maximum absolute atomic E-state index is 14.9. The van der Waals surface area contributed by atoms with E-state index in [1.54, 1.807) is 9.80 Å². The second-order valence-electron chi connectivity index (χ2n) is 18.7. The zero-order valence-electron chi connectivity index (χ0n) is 33.1. The fraction of sp³-hybridized carbons (Fsp3) is 0.875. The average molecular weight is 743 g/mol. The summed E-state index contributed by atoms with van der Waals surface area (Å²) in [5.74, 6) is -1.30. The van der Waals surface area contributed by atoms with Gasteiger partial charge in [-0.2, -0.15) is 0 Å². The van der Waals surface area contributed by atoms with Crippen molar-refractivity contribution in [3.05, 3.63) is 0 Å². The van der Waals surface area contributed by atoms with E-state index in [9.17, 15) is 29.1 Å². The molecule has 6 aliphatic rings. The summed E-state index contributed by atoms with van der Waals surface area (Å²) in [7, 11) is 0. The number of likely N-dealkylation sites (tertiary alicyclic amines) is 1. The molecule has 2 saturated heterocycles. The molecule has 4 saturated carbocycles. The Morgan fingerprint density at radius 3 is 2.08 bits per heavy atom. The number of morpholine rings is 1. The highest BCUT2D eigenvalue weighted by Gasteiger charge is 2.85. The SMILES string of the molecule is CCCC(NC(=O)[C@@H]1C[C@@]2(CN1C(=O)[C@@H](NC(=O)N[C@H](C(=O)N1CCOCC1)C1CCCCC1)C(C)(C)C)C(C)(C)C21CCC1)C(O)C(=O)NC1CC1. The van der Waals surface area contributed by atoms with Crippen molar-refractivity contribution in [2.24, 2.45) is 27.6 Å².